The first kappa shape index (κ1) is 9.80. The molecule has 1 aliphatic rings. The zero-order valence-corrected chi connectivity index (χ0v) is 9.07. The first-order valence-electron chi connectivity index (χ1n) is 4.61. The van der Waals surface area contributed by atoms with Crippen LogP contribution in [0.15, 0.2) is 17.0 Å². The van der Waals surface area contributed by atoms with Crippen molar-refractivity contribution in [2.75, 3.05) is 11.9 Å². The van der Waals surface area contributed by atoms with Gasteiger partial charge in [0.15, 0.2) is 0 Å². The molecule has 0 bridgehead atoms. The Hall–Kier alpha value is -0.740. The summed E-state index contributed by atoms with van der Waals surface area (Å²) in [6, 6.07) is 3.61. The van der Waals surface area contributed by atoms with Crippen molar-refractivity contribution in [1.82, 2.24) is 0 Å². The minimum Gasteiger partial charge on any atom is -0.347 e. The summed E-state index contributed by atoms with van der Waals surface area (Å²) in [4.78, 5) is 2.73. The van der Waals surface area contributed by atoms with Gasteiger partial charge < -0.3 is 10.6 Å². The lowest BCUT2D eigenvalue weighted by Crippen LogP contribution is -2.32. The molecule has 2 N–H and O–H groups in total. The van der Waals surface area contributed by atoms with Crippen molar-refractivity contribution in [2.45, 2.75) is 23.7 Å². The van der Waals surface area contributed by atoms with Gasteiger partial charge in [0.1, 0.15) is 11.3 Å². The monoisotopic (exact) mass is 212 g/mol. The van der Waals surface area contributed by atoms with Crippen molar-refractivity contribution in [1.29, 1.82) is 0 Å². The van der Waals surface area contributed by atoms with E-state index in [4.69, 9.17) is 5.73 Å². The van der Waals surface area contributed by atoms with Crippen LogP contribution in [0.1, 0.15) is 12.5 Å². The molecule has 1 atom stereocenters. The van der Waals surface area contributed by atoms with Gasteiger partial charge in [-0.05, 0) is 24.1 Å². The van der Waals surface area contributed by atoms with Gasteiger partial charge in [-0.3, -0.25) is 0 Å². The molecule has 14 heavy (non-hydrogen) atoms. The molecule has 1 aromatic carbocycles. The molecule has 0 saturated heterocycles. The molecule has 0 spiro atoms. The smallest absolute Gasteiger partial charge is 0.147 e. The Balaban J connectivity index is 2.52. The summed E-state index contributed by atoms with van der Waals surface area (Å²) in [7, 11) is 1.82. The van der Waals surface area contributed by atoms with Gasteiger partial charge in [-0.1, -0.05) is 18.7 Å². The predicted molar refractivity (Wildman–Crippen MR) is 58.0 cm³/mol. The summed E-state index contributed by atoms with van der Waals surface area (Å²) >= 11 is 1.51. The first-order valence-corrected chi connectivity index (χ1v) is 5.49. The topological polar surface area (TPSA) is 29.3 Å². The van der Waals surface area contributed by atoms with Gasteiger partial charge in [0.05, 0.1) is 5.69 Å². The van der Waals surface area contributed by atoms with Crippen LogP contribution in [0, 0.1) is 5.82 Å². The lowest BCUT2D eigenvalue weighted by molar-refractivity contribution is 0.617. The van der Waals surface area contributed by atoms with Crippen molar-refractivity contribution in [3.63, 3.8) is 0 Å². The van der Waals surface area contributed by atoms with Crippen LogP contribution in [0.25, 0.3) is 0 Å². The summed E-state index contributed by atoms with van der Waals surface area (Å²) < 4.78 is 13.7. The largest absolute Gasteiger partial charge is 0.347 e. The second kappa shape index (κ2) is 3.44. The molecular weight excluding hydrogens is 199 g/mol. The summed E-state index contributed by atoms with van der Waals surface area (Å²) in [6.07, 6.45) is 0.851. The Morgan fingerprint density at radius 1 is 1.57 bits per heavy atom. The molecule has 1 aliphatic heterocycles. The third kappa shape index (κ3) is 1.38. The molecule has 1 aromatic rings. The summed E-state index contributed by atoms with van der Waals surface area (Å²) in [5, 5.41) is 0. The SMILES string of the molecule is CCc1cc(F)c2c(c1)SC(N)N2C. The van der Waals surface area contributed by atoms with E-state index in [0.717, 1.165) is 16.9 Å². The number of aryl methyl sites for hydroxylation is 1. The normalized spacial score (nSPS) is 20.0. The quantitative estimate of drug-likeness (QED) is 0.773. The fourth-order valence-electron chi connectivity index (χ4n) is 1.60. The number of hydrogen-bond donors (Lipinski definition) is 1. The standard InChI is InChI=1S/C10H13FN2S/c1-3-6-4-7(11)9-8(5-6)14-10(12)13(9)2/h4-5,10H,3,12H2,1-2H3. The van der Waals surface area contributed by atoms with Crippen LogP contribution in [-0.4, -0.2) is 12.5 Å². The van der Waals surface area contributed by atoms with Crippen LogP contribution < -0.4 is 10.6 Å². The second-order valence-electron chi connectivity index (χ2n) is 3.40. The maximum absolute atomic E-state index is 13.7. The molecule has 1 heterocycles. The van der Waals surface area contributed by atoms with Gasteiger partial charge in [0.2, 0.25) is 0 Å². The average molecular weight is 212 g/mol. The van der Waals surface area contributed by atoms with E-state index in [2.05, 4.69) is 0 Å². The lowest BCUT2D eigenvalue weighted by atomic mass is 10.1. The molecular formula is C10H13FN2S. The average Bonchev–Trinajstić information content (AvgIpc) is 2.43. The van der Waals surface area contributed by atoms with Gasteiger partial charge in [-0.2, -0.15) is 0 Å². The molecule has 2 rings (SSSR count). The maximum Gasteiger partial charge on any atom is 0.147 e. The maximum atomic E-state index is 13.7. The van der Waals surface area contributed by atoms with E-state index in [9.17, 15) is 4.39 Å². The van der Waals surface area contributed by atoms with Crippen molar-refractivity contribution in [3.8, 4) is 0 Å². The minimum atomic E-state index is -0.165. The number of nitrogens with zero attached hydrogens (tertiary/aromatic N) is 1. The van der Waals surface area contributed by atoms with E-state index >= 15 is 0 Å². The Morgan fingerprint density at radius 2 is 2.29 bits per heavy atom. The van der Waals surface area contributed by atoms with E-state index in [1.807, 2.05) is 20.0 Å². The Morgan fingerprint density at radius 3 is 2.93 bits per heavy atom. The fraction of sp³-hybridized carbons (Fsp3) is 0.400. The zero-order chi connectivity index (χ0) is 10.3. The summed E-state index contributed by atoms with van der Waals surface area (Å²) in [5.41, 5.74) is 7.31. The highest BCUT2D eigenvalue weighted by molar-refractivity contribution is 8.00. The molecule has 0 saturated carbocycles. The highest BCUT2D eigenvalue weighted by Crippen LogP contribution is 2.42. The van der Waals surface area contributed by atoms with E-state index < -0.39 is 0 Å². The number of nitrogens with two attached hydrogens (primary N) is 1. The van der Waals surface area contributed by atoms with E-state index in [-0.39, 0.29) is 11.3 Å². The molecule has 1 unspecified atom stereocenters. The number of benzene rings is 1. The Kier molecular flexibility index (Phi) is 2.41. The fourth-order valence-corrected chi connectivity index (χ4v) is 2.70. The third-order valence-corrected chi connectivity index (χ3v) is 3.60. The highest BCUT2D eigenvalue weighted by Gasteiger charge is 2.27. The van der Waals surface area contributed by atoms with Crippen molar-refractivity contribution >= 4 is 17.4 Å². The van der Waals surface area contributed by atoms with Crippen molar-refractivity contribution in [3.05, 3.63) is 23.5 Å². The minimum absolute atomic E-state index is 0.161. The van der Waals surface area contributed by atoms with Gasteiger partial charge >= 0.3 is 0 Å². The van der Waals surface area contributed by atoms with Gasteiger partial charge in [-0.25, -0.2) is 4.39 Å². The van der Waals surface area contributed by atoms with Crippen LogP contribution in [0.2, 0.25) is 0 Å². The highest BCUT2D eigenvalue weighted by atomic mass is 32.2. The molecule has 2 nitrogen and oxygen atoms in total. The van der Waals surface area contributed by atoms with Crippen molar-refractivity contribution in [2.24, 2.45) is 5.73 Å². The molecule has 0 fully saturated rings. The second-order valence-corrected chi connectivity index (χ2v) is 4.56. The molecule has 0 aliphatic carbocycles. The number of rotatable bonds is 1. The summed E-state index contributed by atoms with van der Waals surface area (Å²) in [5.74, 6) is -0.165. The van der Waals surface area contributed by atoms with Crippen molar-refractivity contribution < 1.29 is 4.39 Å². The number of thioether (sulfide) groups is 1. The van der Waals surface area contributed by atoms with Crippen LogP contribution in [0.5, 0.6) is 0 Å². The van der Waals surface area contributed by atoms with Crippen LogP contribution >= 0.6 is 11.8 Å². The number of hydrogen-bond acceptors (Lipinski definition) is 3. The predicted octanol–water partition coefficient (Wildman–Crippen LogP) is 2.17. The van der Waals surface area contributed by atoms with Gasteiger partial charge in [0.25, 0.3) is 0 Å². The number of halogens is 1. The molecule has 4 heteroatoms. The molecule has 0 aromatic heterocycles. The van der Waals surface area contributed by atoms with Crippen LogP contribution in [0.3, 0.4) is 0 Å². The Labute approximate surface area is 87.3 Å². The van der Waals surface area contributed by atoms with E-state index in [1.165, 1.54) is 11.8 Å². The molecule has 76 valence electrons. The van der Waals surface area contributed by atoms with Crippen LogP contribution in [-0.2, 0) is 6.42 Å². The van der Waals surface area contributed by atoms with Crippen LogP contribution in [0.4, 0.5) is 10.1 Å². The number of fused-ring (bicyclic) bond motifs is 1. The van der Waals surface area contributed by atoms with Gasteiger partial charge in [0, 0.05) is 11.9 Å². The number of anilines is 1. The third-order valence-electron chi connectivity index (χ3n) is 2.48. The zero-order valence-electron chi connectivity index (χ0n) is 8.25. The molecule has 0 amide bonds. The van der Waals surface area contributed by atoms with E-state index in [1.54, 1.807) is 11.0 Å². The summed E-state index contributed by atoms with van der Waals surface area (Å²) in [6.45, 7) is 2.02. The van der Waals surface area contributed by atoms with E-state index in [0.29, 0.717) is 5.69 Å². The van der Waals surface area contributed by atoms with Gasteiger partial charge in [-0.15, -0.1) is 0 Å². The Bertz CT molecular complexity index is 367. The lowest BCUT2D eigenvalue weighted by Gasteiger charge is -2.17. The molecule has 0 radical (unpaired) electrons. The first-order chi connectivity index (χ1) is 6.63.